The molecule has 15 heavy (non-hydrogen) atoms. The highest BCUT2D eigenvalue weighted by atomic mass is 32.1. The number of aryl methyl sites for hydroxylation is 2. The minimum atomic E-state index is 0.115. The van der Waals surface area contributed by atoms with E-state index in [1.54, 1.807) is 11.3 Å². The van der Waals surface area contributed by atoms with Crippen LogP contribution in [-0.2, 0) is 0 Å². The first-order valence-electron chi connectivity index (χ1n) is 5.54. The molecule has 1 saturated carbocycles. The summed E-state index contributed by atoms with van der Waals surface area (Å²) < 4.78 is 0. The van der Waals surface area contributed by atoms with E-state index in [0.717, 1.165) is 23.3 Å². The number of nitrogens with one attached hydrogen (secondary N) is 1. The number of rotatable bonds is 2. The maximum Gasteiger partial charge on any atom is 0.252 e. The molecule has 0 unspecified atom stereocenters. The van der Waals surface area contributed by atoms with Gasteiger partial charge >= 0.3 is 0 Å². The maximum atomic E-state index is 11.9. The molecule has 1 aliphatic carbocycles. The van der Waals surface area contributed by atoms with Crippen LogP contribution < -0.4 is 5.32 Å². The first kappa shape index (κ1) is 10.7. The van der Waals surface area contributed by atoms with Gasteiger partial charge in [-0.1, -0.05) is 12.8 Å². The molecule has 1 heterocycles. The van der Waals surface area contributed by atoms with Crippen LogP contribution in [0.2, 0.25) is 0 Å². The lowest BCUT2D eigenvalue weighted by Gasteiger charge is -2.11. The van der Waals surface area contributed by atoms with Crippen molar-refractivity contribution >= 4 is 17.2 Å². The third-order valence-electron chi connectivity index (χ3n) is 2.98. The molecule has 0 bridgehead atoms. The van der Waals surface area contributed by atoms with Crippen LogP contribution >= 0.6 is 11.3 Å². The third kappa shape index (κ3) is 2.40. The molecule has 0 aliphatic heterocycles. The molecule has 1 fully saturated rings. The van der Waals surface area contributed by atoms with E-state index in [-0.39, 0.29) is 5.91 Å². The molecular weight excluding hydrogens is 206 g/mol. The number of hydrogen-bond donors (Lipinski definition) is 1. The molecule has 82 valence electrons. The molecule has 0 spiro atoms. The summed E-state index contributed by atoms with van der Waals surface area (Å²) in [6, 6.07) is 2.40. The van der Waals surface area contributed by atoms with Crippen molar-refractivity contribution in [1.82, 2.24) is 5.32 Å². The van der Waals surface area contributed by atoms with Gasteiger partial charge in [0.25, 0.3) is 5.91 Å². The largest absolute Gasteiger partial charge is 0.349 e. The Kier molecular flexibility index (Phi) is 3.10. The molecule has 0 atom stereocenters. The van der Waals surface area contributed by atoms with Crippen LogP contribution in [0.4, 0.5) is 0 Å². The van der Waals surface area contributed by atoms with Crippen LogP contribution in [0.15, 0.2) is 6.07 Å². The van der Waals surface area contributed by atoms with Crippen LogP contribution in [0, 0.1) is 13.8 Å². The fourth-order valence-corrected chi connectivity index (χ4v) is 3.11. The molecule has 0 saturated heterocycles. The number of hydrogen-bond acceptors (Lipinski definition) is 2. The van der Waals surface area contributed by atoms with Crippen LogP contribution in [0.3, 0.4) is 0 Å². The molecule has 1 amide bonds. The summed E-state index contributed by atoms with van der Waals surface area (Å²) in [6.07, 6.45) is 4.81. The van der Waals surface area contributed by atoms with E-state index in [0.29, 0.717) is 6.04 Å². The van der Waals surface area contributed by atoms with Crippen LogP contribution in [-0.4, -0.2) is 11.9 Å². The normalized spacial score (nSPS) is 16.9. The molecule has 0 aromatic carbocycles. The van der Waals surface area contributed by atoms with E-state index in [1.807, 2.05) is 19.9 Å². The lowest BCUT2D eigenvalue weighted by atomic mass is 10.2. The molecular formula is C12H17NOS. The molecule has 2 nitrogen and oxygen atoms in total. The number of carbonyl (C=O) groups is 1. The molecule has 1 aliphatic rings. The Hall–Kier alpha value is -0.830. The van der Waals surface area contributed by atoms with E-state index in [9.17, 15) is 4.79 Å². The first-order chi connectivity index (χ1) is 7.16. The predicted molar refractivity (Wildman–Crippen MR) is 63.5 cm³/mol. The van der Waals surface area contributed by atoms with Gasteiger partial charge in [0, 0.05) is 15.8 Å². The highest BCUT2D eigenvalue weighted by Crippen LogP contribution is 2.22. The monoisotopic (exact) mass is 223 g/mol. The Bertz CT molecular complexity index is 364. The molecule has 0 radical (unpaired) electrons. The molecule has 1 aromatic rings. The fourth-order valence-electron chi connectivity index (χ4n) is 2.19. The van der Waals surface area contributed by atoms with Gasteiger partial charge in [-0.15, -0.1) is 11.3 Å². The number of carbonyl (C=O) groups excluding carboxylic acids is 1. The summed E-state index contributed by atoms with van der Waals surface area (Å²) in [5.74, 6) is 0.115. The lowest BCUT2D eigenvalue weighted by Crippen LogP contribution is -2.32. The van der Waals surface area contributed by atoms with E-state index < -0.39 is 0 Å². The van der Waals surface area contributed by atoms with Crippen molar-refractivity contribution < 1.29 is 4.79 Å². The van der Waals surface area contributed by atoms with Gasteiger partial charge in [0.05, 0.1) is 5.56 Å². The van der Waals surface area contributed by atoms with E-state index >= 15 is 0 Å². The van der Waals surface area contributed by atoms with Crippen molar-refractivity contribution in [2.24, 2.45) is 0 Å². The van der Waals surface area contributed by atoms with Gasteiger partial charge < -0.3 is 5.32 Å². The predicted octanol–water partition coefficient (Wildman–Crippen LogP) is 3.04. The zero-order valence-corrected chi connectivity index (χ0v) is 10.1. The zero-order valence-electron chi connectivity index (χ0n) is 9.30. The van der Waals surface area contributed by atoms with Crippen molar-refractivity contribution in [2.45, 2.75) is 45.6 Å². The molecule has 1 N–H and O–H groups in total. The van der Waals surface area contributed by atoms with Gasteiger partial charge in [0.15, 0.2) is 0 Å². The average molecular weight is 223 g/mol. The van der Waals surface area contributed by atoms with Crippen molar-refractivity contribution in [3.8, 4) is 0 Å². The van der Waals surface area contributed by atoms with Crippen LogP contribution in [0.25, 0.3) is 0 Å². The van der Waals surface area contributed by atoms with Crippen molar-refractivity contribution in [1.29, 1.82) is 0 Å². The summed E-state index contributed by atoms with van der Waals surface area (Å²) >= 11 is 1.69. The summed E-state index contributed by atoms with van der Waals surface area (Å²) in [5.41, 5.74) is 0.865. The summed E-state index contributed by atoms with van der Waals surface area (Å²) in [5, 5.41) is 3.12. The van der Waals surface area contributed by atoms with Gasteiger partial charge in [-0.25, -0.2) is 0 Å². The Morgan fingerprint density at radius 1 is 1.40 bits per heavy atom. The SMILES string of the molecule is Cc1cc(C(=O)NC2CCCC2)c(C)s1. The van der Waals surface area contributed by atoms with Gasteiger partial charge in [0.2, 0.25) is 0 Å². The smallest absolute Gasteiger partial charge is 0.252 e. The van der Waals surface area contributed by atoms with Crippen LogP contribution in [0.5, 0.6) is 0 Å². The fraction of sp³-hybridized carbons (Fsp3) is 0.583. The molecule has 2 rings (SSSR count). The van der Waals surface area contributed by atoms with Crippen molar-refractivity contribution in [3.63, 3.8) is 0 Å². The quantitative estimate of drug-likeness (QED) is 0.820. The van der Waals surface area contributed by atoms with Crippen molar-refractivity contribution in [2.75, 3.05) is 0 Å². The molecule has 1 aromatic heterocycles. The zero-order chi connectivity index (χ0) is 10.8. The topological polar surface area (TPSA) is 29.1 Å². The Balaban J connectivity index is 2.03. The van der Waals surface area contributed by atoms with Gasteiger partial charge in [0.1, 0.15) is 0 Å². The second kappa shape index (κ2) is 4.35. The van der Waals surface area contributed by atoms with E-state index in [1.165, 1.54) is 17.7 Å². The average Bonchev–Trinajstić information content (AvgIpc) is 2.75. The Labute approximate surface area is 94.7 Å². The van der Waals surface area contributed by atoms with Crippen LogP contribution in [0.1, 0.15) is 45.8 Å². The minimum absolute atomic E-state index is 0.115. The molecule has 3 heteroatoms. The number of thiophene rings is 1. The van der Waals surface area contributed by atoms with E-state index in [4.69, 9.17) is 0 Å². The minimum Gasteiger partial charge on any atom is -0.349 e. The summed E-state index contributed by atoms with van der Waals surface area (Å²) in [6.45, 7) is 4.06. The second-order valence-corrected chi connectivity index (χ2v) is 5.74. The second-order valence-electron chi connectivity index (χ2n) is 4.28. The summed E-state index contributed by atoms with van der Waals surface area (Å²) in [4.78, 5) is 14.3. The Morgan fingerprint density at radius 2 is 2.07 bits per heavy atom. The van der Waals surface area contributed by atoms with Gasteiger partial charge in [-0.05, 0) is 32.8 Å². The summed E-state index contributed by atoms with van der Waals surface area (Å²) in [7, 11) is 0. The lowest BCUT2D eigenvalue weighted by molar-refractivity contribution is 0.0938. The van der Waals surface area contributed by atoms with E-state index in [2.05, 4.69) is 5.32 Å². The first-order valence-corrected chi connectivity index (χ1v) is 6.36. The highest BCUT2D eigenvalue weighted by molar-refractivity contribution is 7.12. The Morgan fingerprint density at radius 3 is 2.60 bits per heavy atom. The van der Waals surface area contributed by atoms with Gasteiger partial charge in [-0.2, -0.15) is 0 Å². The van der Waals surface area contributed by atoms with Crippen molar-refractivity contribution in [3.05, 3.63) is 21.4 Å². The van der Waals surface area contributed by atoms with Gasteiger partial charge in [-0.3, -0.25) is 4.79 Å². The number of amides is 1. The maximum absolute atomic E-state index is 11.9. The standard InChI is InChI=1S/C12H17NOS/c1-8-7-11(9(2)15-8)12(14)13-10-5-3-4-6-10/h7,10H,3-6H2,1-2H3,(H,13,14). The third-order valence-corrected chi connectivity index (χ3v) is 3.94. The highest BCUT2D eigenvalue weighted by Gasteiger charge is 2.19.